The van der Waals surface area contributed by atoms with Crippen LogP contribution in [0.3, 0.4) is 0 Å². The van der Waals surface area contributed by atoms with Gasteiger partial charge in [-0.15, -0.1) is 12.4 Å². The molecular weight excluding hydrogens is 409 g/mol. The molecule has 1 aliphatic heterocycles. The van der Waals surface area contributed by atoms with Gasteiger partial charge in [-0.25, -0.2) is 8.42 Å². The molecule has 0 atom stereocenters. The number of benzene rings is 2. The summed E-state index contributed by atoms with van der Waals surface area (Å²) in [7, 11) is -3.82. The third-order valence-corrected chi connectivity index (χ3v) is 5.99. The van der Waals surface area contributed by atoms with Crippen molar-refractivity contribution in [2.75, 3.05) is 17.8 Å². The lowest BCUT2D eigenvalue weighted by molar-refractivity contribution is 0.0716. The summed E-state index contributed by atoms with van der Waals surface area (Å²) in [4.78, 5) is 14.6. The Hall–Kier alpha value is -1.80. The quantitative estimate of drug-likeness (QED) is 0.780. The zero-order valence-corrected chi connectivity index (χ0v) is 16.9. The number of carbonyl (C=O) groups is 1. The molecule has 0 saturated carbocycles. The Morgan fingerprint density at radius 1 is 1.07 bits per heavy atom. The molecular formula is C18H21Cl2N3O3S. The van der Waals surface area contributed by atoms with Crippen molar-refractivity contribution in [1.29, 1.82) is 0 Å². The molecule has 1 amide bonds. The molecule has 0 radical (unpaired) electrons. The molecule has 0 spiro atoms. The lowest BCUT2D eigenvalue weighted by Crippen LogP contribution is -2.43. The van der Waals surface area contributed by atoms with Crippen molar-refractivity contribution in [3.63, 3.8) is 0 Å². The molecule has 6 nitrogen and oxygen atoms in total. The molecule has 3 rings (SSSR count). The van der Waals surface area contributed by atoms with Gasteiger partial charge in [0.05, 0.1) is 16.1 Å². The van der Waals surface area contributed by atoms with Crippen molar-refractivity contribution in [1.82, 2.24) is 4.90 Å². The van der Waals surface area contributed by atoms with Gasteiger partial charge in [-0.05, 0) is 49.2 Å². The maximum absolute atomic E-state index is 12.8. The molecule has 3 N–H and O–H groups in total. The fraction of sp³-hybridized carbons (Fsp3) is 0.278. The fourth-order valence-electron chi connectivity index (χ4n) is 2.85. The molecule has 9 heteroatoms. The van der Waals surface area contributed by atoms with Crippen LogP contribution in [-0.4, -0.2) is 38.4 Å². The number of hydrogen-bond acceptors (Lipinski definition) is 4. The molecule has 1 heterocycles. The first-order valence-corrected chi connectivity index (χ1v) is 10.2. The van der Waals surface area contributed by atoms with Crippen LogP contribution >= 0.6 is 24.0 Å². The summed E-state index contributed by atoms with van der Waals surface area (Å²) < 4.78 is 27.7. The number of nitrogens with one attached hydrogen (secondary N) is 1. The Labute approximate surface area is 170 Å². The second-order valence-electron chi connectivity index (χ2n) is 6.23. The van der Waals surface area contributed by atoms with Crippen molar-refractivity contribution in [3.8, 4) is 0 Å². The van der Waals surface area contributed by atoms with Crippen LogP contribution in [0.2, 0.25) is 5.02 Å². The van der Waals surface area contributed by atoms with E-state index in [1.165, 1.54) is 24.3 Å². The SMILES string of the molecule is Cl.NC1CCN(C(=O)c2ccccc2NS(=O)(=O)c2ccc(Cl)cc2)CC1. The Kier molecular flexibility index (Phi) is 7.11. The maximum atomic E-state index is 12.8. The van der Waals surface area contributed by atoms with Crippen LogP contribution in [-0.2, 0) is 10.0 Å². The van der Waals surface area contributed by atoms with E-state index >= 15 is 0 Å². The van der Waals surface area contributed by atoms with Gasteiger partial charge in [-0.1, -0.05) is 23.7 Å². The molecule has 0 aromatic heterocycles. The summed E-state index contributed by atoms with van der Waals surface area (Å²) in [6.07, 6.45) is 1.48. The number of piperidine rings is 1. The maximum Gasteiger partial charge on any atom is 0.261 e. The van der Waals surface area contributed by atoms with E-state index in [4.69, 9.17) is 17.3 Å². The lowest BCUT2D eigenvalue weighted by atomic mass is 10.0. The average Bonchev–Trinajstić information content (AvgIpc) is 2.62. The molecule has 2 aromatic rings. The number of nitrogens with two attached hydrogens (primary N) is 1. The molecule has 0 aliphatic carbocycles. The summed E-state index contributed by atoms with van der Waals surface area (Å²) in [5.41, 5.74) is 6.46. The number of carbonyl (C=O) groups excluding carboxylic acids is 1. The normalized spacial score (nSPS) is 15.1. The Balaban J connectivity index is 0.00000261. The molecule has 0 unspecified atom stereocenters. The van der Waals surface area contributed by atoms with E-state index in [0.717, 1.165) is 12.8 Å². The van der Waals surface area contributed by atoms with Crippen molar-refractivity contribution in [3.05, 3.63) is 59.1 Å². The van der Waals surface area contributed by atoms with E-state index in [9.17, 15) is 13.2 Å². The van der Waals surface area contributed by atoms with Gasteiger partial charge in [0.15, 0.2) is 0 Å². The molecule has 27 heavy (non-hydrogen) atoms. The van der Waals surface area contributed by atoms with E-state index in [0.29, 0.717) is 23.7 Å². The van der Waals surface area contributed by atoms with E-state index in [-0.39, 0.29) is 34.9 Å². The highest BCUT2D eigenvalue weighted by Crippen LogP contribution is 2.23. The van der Waals surface area contributed by atoms with Gasteiger partial charge in [0.25, 0.3) is 15.9 Å². The minimum atomic E-state index is -3.82. The number of halogens is 2. The molecule has 1 fully saturated rings. The van der Waals surface area contributed by atoms with Gasteiger partial charge in [0, 0.05) is 24.2 Å². The Morgan fingerprint density at radius 3 is 2.30 bits per heavy atom. The number of nitrogens with zero attached hydrogens (tertiary/aromatic N) is 1. The van der Waals surface area contributed by atoms with Gasteiger partial charge in [-0.2, -0.15) is 0 Å². The zero-order chi connectivity index (χ0) is 18.7. The first-order valence-electron chi connectivity index (χ1n) is 8.29. The number of likely N-dealkylation sites (tertiary alicyclic amines) is 1. The summed E-state index contributed by atoms with van der Waals surface area (Å²) in [5.74, 6) is -0.202. The van der Waals surface area contributed by atoms with Crippen LogP contribution in [0.25, 0.3) is 0 Å². The van der Waals surface area contributed by atoms with Crippen molar-refractivity contribution in [2.24, 2.45) is 5.73 Å². The minimum Gasteiger partial charge on any atom is -0.338 e. The molecule has 146 valence electrons. The van der Waals surface area contributed by atoms with Crippen molar-refractivity contribution in [2.45, 2.75) is 23.8 Å². The average molecular weight is 430 g/mol. The van der Waals surface area contributed by atoms with Gasteiger partial charge < -0.3 is 10.6 Å². The highest BCUT2D eigenvalue weighted by molar-refractivity contribution is 7.92. The number of amides is 1. The highest BCUT2D eigenvalue weighted by atomic mass is 35.5. The molecule has 0 bridgehead atoms. The first kappa shape index (κ1) is 21.5. The minimum absolute atomic E-state index is 0. The number of sulfonamides is 1. The summed E-state index contributed by atoms with van der Waals surface area (Å²) in [5, 5.41) is 0.447. The van der Waals surface area contributed by atoms with E-state index in [2.05, 4.69) is 4.72 Å². The number of para-hydroxylation sites is 1. The second kappa shape index (κ2) is 8.93. The van der Waals surface area contributed by atoms with Crippen LogP contribution in [0.15, 0.2) is 53.4 Å². The highest BCUT2D eigenvalue weighted by Gasteiger charge is 2.25. The summed E-state index contributed by atoms with van der Waals surface area (Å²) >= 11 is 5.81. The number of anilines is 1. The topological polar surface area (TPSA) is 92.5 Å². The molecule has 2 aromatic carbocycles. The third-order valence-electron chi connectivity index (χ3n) is 4.35. The monoisotopic (exact) mass is 429 g/mol. The zero-order valence-electron chi connectivity index (χ0n) is 14.5. The predicted molar refractivity (Wildman–Crippen MR) is 109 cm³/mol. The van der Waals surface area contributed by atoms with Crippen molar-refractivity contribution >= 4 is 45.6 Å². The molecule has 1 aliphatic rings. The van der Waals surface area contributed by atoms with Gasteiger partial charge in [-0.3, -0.25) is 9.52 Å². The Morgan fingerprint density at radius 2 is 1.67 bits per heavy atom. The first-order chi connectivity index (χ1) is 12.4. The van der Waals surface area contributed by atoms with Gasteiger partial charge >= 0.3 is 0 Å². The van der Waals surface area contributed by atoms with Crippen LogP contribution in [0.5, 0.6) is 0 Å². The third kappa shape index (κ3) is 5.13. The summed E-state index contributed by atoms with van der Waals surface area (Å²) in [6.45, 7) is 1.14. The standard InChI is InChI=1S/C18H20ClN3O3S.ClH/c19-13-5-7-15(8-6-13)26(24,25)21-17-4-2-1-3-16(17)18(23)22-11-9-14(20)10-12-22;/h1-8,14,21H,9-12,20H2;1H. The molecule has 1 saturated heterocycles. The van der Waals surface area contributed by atoms with Crippen LogP contribution in [0, 0.1) is 0 Å². The van der Waals surface area contributed by atoms with Crippen LogP contribution < -0.4 is 10.5 Å². The van der Waals surface area contributed by atoms with E-state index in [1.807, 2.05) is 0 Å². The van der Waals surface area contributed by atoms with Gasteiger partial charge in [0.1, 0.15) is 0 Å². The lowest BCUT2D eigenvalue weighted by Gasteiger charge is -2.30. The smallest absolute Gasteiger partial charge is 0.261 e. The van der Waals surface area contributed by atoms with E-state index < -0.39 is 10.0 Å². The fourth-order valence-corrected chi connectivity index (χ4v) is 4.05. The van der Waals surface area contributed by atoms with Crippen LogP contribution in [0.1, 0.15) is 23.2 Å². The summed E-state index contributed by atoms with van der Waals surface area (Å²) in [6, 6.07) is 12.5. The second-order valence-corrected chi connectivity index (χ2v) is 8.35. The van der Waals surface area contributed by atoms with E-state index in [1.54, 1.807) is 29.2 Å². The van der Waals surface area contributed by atoms with Gasteiger partial charge in [0.2, 0.25) is 0 Å². The van der Waals surface area contributed by atoms with Crippen molar-refractivity contribution < 1.29 is 13.2 Å². The predicted octanol–water partition coefficient (Wildman–Crippen LogP) is 3.13. The van der Waals surface area contributed by atoms with Crippen LogP contribution in [0.4, 0.5) is 5.69 Å². The largest absolute Gasteiger partial charge is 0.338 e. The number of hydrogen-bond donors (Lipinski definition) is 2. The number of rotatable bonds is 4. The Bertz CT molecular complexity index is 896.